The molecule has 1 fully saturated rings. The molecule has 1 aliphatic carbocycles. The number of hydrogen-bond donors (Lipinski definition) is 2. The van der Waals surface area contributed by atoms with Gasteiger partial charge in [0.25, 0.3) is 0 Å². The number of anilines is 1. The van der Waals surface area contributed by atoms with Crippen LogP contribution in [0.2, 0.25) is 0 Å². The van der Waals surface area contributed by atoms with Gasteiger partial charge in [0.2, 0.25) is 5.13 Å². The molecule has 16 heavy (non-hydrogen) atoms. The van der Waals surface area contributed by atoms with E-state index in [1.807, 2.05) is 6.92 Å². The number of carboxylic acids is 1. The molecule has 88 valence electrons. The summed E-state index contributed by atoms with van der Waals surface area (Å²) in [5, 5.41) is 20.9. The molecule has 0 aliphatic heterocycles. The lowest BCUT2D eigenvalue weighted by Crippen LogP contribution is -2.46. The van der Waals surface area contributed by atoms with Crippen molar-refractivity contribution in [1.82, 2.24) is 10.2 Å². The van der Waals surface area contributed by atoms with Crippen LogP contribution in [0.25, 0.3) is 0 Å². The maximum Gasteiger partial charge on any atom is 0.311 e. The summed E-state index contributed by atoms with van der Waals surface area (Å²) in [5.74, 6) is -0.728. The molecule has 0 aromatic carbocycles. The zero-order valence-corrected chi connectivity index (χ0v) is 9.96. The second kappa shape index (κ2) is 4.37. The van der Waals surface area contributed by atoms with Crippen LogP contribution in [-0.2, 0) is 4.79 Å². The molecule has 1 aromatic rings. The third kappa shape index (κ3) is 2.02. The van der Waals surface area contributed by atoms with E-state index in [4.69, 9.17) is 0 Å². The van der Waals surface area contributed by atoms with Crippen molar-refractivity contribution in [3.05, 3.63) is 5.51 Å². The van der Waals surface area contributed by atoms with Gasteiger partial charge in [-0.25, -0.2) is 0 Å². The van der Waals surface area contributed by atoms with Crippen LogP contribution in [0.5, 0.6) is 0 Å². The van der Waals surface area contributed by atoms with Gasteiger partial charge in [-0.3, -0.25) is 4.79 Å². The Morgan fingerprint density at radius 1 is 1.69 bits per heavy atom. The van der Waals surface area contributed by atoms with Crippen LogP contribution < -0.4 is 5.32 Å². The van der Waals surface area contributed by atoms with Gasteiger partial charge in [0, 0.05) is 6.04 Å². The Kier molecular flexibility index (Phi) is 3.09. The van der Waals surface area contributed by atoms with E-state index in [0.717, 1.165) is 25.7 Å². The summed E-state index contributed by atoms with van der Waals surface area (Å²) in [4.78, 5) is 11.3. The summed E-state index contributed by atoms with van der Waals surface area (Å²) in [7, 11) is 0. The lowest BCUT2D eigenvalue weighted by atomic mass is 9.72. The van der Waals surface area contributed by atoms with Crippen LogP contribution >= 0.6 is 11.3 Å². The van der Waals surface area contributed by atoms with Gasteiger partial charge in [0.1, 0.15) is 5.51 Å². The number of carboxylic acid groups (broad SMARTS) is 1. The minimum Gasteiger partial charge on any atom is -0.481 e. The second-order valence-electron chi connectivity index (χ2n) is 4.41. The number of hydrogen-bond acceptors (Lipinski definition) is 5. The van der Waals surface area contributed by atoms with E-state index in [1.54, 1.807) is 5.51 Å². The molecule has 2 N–H and O–H groups in total. The lowest BCUT2D eigenvalue weighted by Gasteiger charge is -2.38. The molecular weight excluding hydrogens is 226 g/mol. The molecule has 0 radical (unpaired) electrons. The first kappa shape index (κ1) is 11.3. The van der Waals surface area contributed by atoms with Crippen molar-refractivity contribution >= 4 is 22.4 Å². The van der Waals surface area contributed by atoms with Crippen molar-refractivity contribution < 1.29 is 9.90 Å². The van der Waals surface area contributed by atoms with Crippen molar-refractivity contribution in [3.8, 4) is 0 Å². The average molecular weight is 241 g/mol. The molecule has 2 rings (SSSR count). The predicted octanol–water partition coefficient (Wildman–Crippen LogP) is 1.98. The van der Waals surface area contributed by atoms with Gasteiger partial charge in [0.15, 0.2) is 0 Å². The standard InChI is InChI=1S/C10H15N3O2S/c1-10(8(14)15)5-3-2-4-7(10)12-9-13-11-6-16-9/h6-7H,2-5H2,1H3,(H,12,13)(H,14,15). The number of aliphatic carboxylic acids is 1. The van der Waals surface area contributed by atoms with Crippen LogP contribution in [0.3, 0.4) is 0 Å². The Hall–Kier alpha value is -1.17. The number of nitrogens with zero attached hydrogens (tertiary/aromatic N) is 2. The van der Waals surface area contributed by atoms with Gasteiger partial charge in [-0.15, -0.1) is 10.2 Å². The smallest absolute Gasteiger partial charge is 0.311 e. The first-order valence-electron chi connectivity index (χ1n) is 5.39. The van der Waals surface area contributed by atoms with E-state index in [9.17, 15) is 9.90 Å². The van der Waals surface area contributed by atoms with Gasteiger partial charge in [0.05, 0.1) is 5.41 Å². The van der Waals surface area contributed by atoms with Crippen LogP contribution in [0.4, 0.5) is 5.13 Å². The number of rotatable bonds is 3. The zero-order valence-electron chi connectivity index (χ0n) is 9.14. The van der Waals surface area contributed by atoms with Crippen LogP contribution in [-0.4, -0.2) is 27.3 Å². The molecule has 2 unspecified atom stereocenters. The van der Waals surface area contributed by atoms with Crippen LogP contribution in [0.1, 0.15) is 32.6 Å². The Balaban J connectivity index is 2.14. The quantitative estimate of drug-likeness (QED) is 0.846. The SMILES string of the molecule is CC1(C(=O)O)CCCCC1Nc1nncs1. The Morgan fingerprint density at radius 2 is 2.50 bits per heavy atom. The van der Waals surface area contributed by atoms with E-state index >= 15 is 0 Å². The van der Waals surface area contributed by atoms with Gasteiger partial charge in [-0.05, 0) is 19.8 Å². The van der Waals surface area contributed by atoms with E-state index in [2.05, 4.69) is 15.5 Å². The van der Waals surface area contributed by atoms with Crippen molar-refractivity contribution in [2.24, 2.45) is 5.41 Å². The number of carbonyl (C=O) groups is 1. The highest BCUT2D eigenvalue weighted by molar-refractivity contribution is 7.13. The normalized spacial score (nSPS) is 29.9. The highest BCUT2D eigenvalue weighted by atomic mass is 32.1. The first-order valence-corrected chi connectivity index (χ1v) is 6.27. The molecule has 0 saturated heterocycles. The summed E-state index contributed by atoms with van der Waals surface area (Å²) < 4.78 is 0. The largest absolute Gasteiger partial charge is 0.481 e. The topological polar surface area (TPSA) is 75.1 Å². The molecule has 6 heteroatoms. The van der Waals surface area contributed by atoms with Crippen molar-refractivity contribution in [2.75, 3.05) is 5.32 Å². The Morgan fingerprint density at radius 3 is 3.12 bits per heavy atom. The molecular formula is C10H15N3O2S. The minimum atomic E-state index is -0.728. The molecule has 1 heterocycles. The lowest BCUT2D eigenvalue weighted by molar-refractivity contribution is -0.150. The predicted molar refractivity (Wildman–Crippen MR) is 61.5 cm³/mol. The minimum absolute atomic E-state index is 0.0494. The van der Waals surface area contributed by atoms with Crippen molar-refractivity contribution in [2.45, 2.75) is 38.6 Å². The van der Waals surface area contributed by atoms with Gasteiger partial charge < -0.3 is 10.4 Å². The molecule has 1 saturated carbocycles. The molecule has 1 aliphatic rings. The fraction of sp³-hybridized carbons (Fsp3) is 0.700. The van der Waals surface area contributed by atoms with E-state index < -0.39 is 11.4 Å². The Bertz CT molecular complexity index is 368. The monoisotopic (exact) mass is 241 g/mol. The maximum absolute atomic E-state index is 11.3. The highest BCUT2D eigenvalue weighted by Gasteiger charge is 2.43. The fourth-order valence-corrected chi connectivity index (χ4v) is 2.70. The summed E-state index contributed by atoms with van der Waals surface area (Å²) in [6, 6.07) is -0.0494. The van der Waals surface area contributed by atoms with Gasteiger partial charge in [-0.2, -0.15) is 0 Å². The average Bonchev–Trinajstić information content (AvgIpc) is 2.74. The van der Waals surface area contributed by atoms with Crippen LogP contribution in [0.15, 0.2) is 5.51 Å². The molecule has 0 amide bonds. The summed E-state index contributed by atoms with van der Waals surface area (Å²) in [6.07, 6.45) is 3.65. The third-order valence-corrected chi connectivity index (χ3v) is 3.98. The summed E-state index contributed by atoms with van der Waals surface area (Å²) >= 11 is 1.40. The number of aromatic nitrogens is 2. The molecule has 0 bridgehead atoms. The maximum atomic E-state index is 11.3. The summed E-state index contributed by atoms with van der Waals surface area (Å²) in [6.45, 7) is 1.81. The Labute approximate surface area is 97.9 Å². The van der Waals surface area contributed by atoms with E-state index in [1.165, 1.54) is 11.3 Å². The van der Waals surface area contributed by atoms with Crippen molar-refractivity contribution in [3.63, 3.8) is 0 Å². The molecule has 2 atom stereocenters. The van der Waals surface area contributed by atoms with E-state index in [-0.39, 0.29) is 6.04 Å². The second-order valence-corrected chi connectivity index (χ2v) is 5.24. The van der Waals surface area contributed by atoms with Crippen LogP contribution in [0, 0.1) is 5.41 Å². The highest BCUT2D eigenvalue weighted by Crippen LogP contribution is 2.38. The van der Waals surface area contributed by atoms with Crippen molar-refractivity contribution in [1.29, 1.82) is 0 Å². The fourth-order valence-electron chi connectivity index (χ4n) is 2.21. The molecule has 5 nitrogen and oxygen atoms in total. The first-order chi connectivity index (χ1) is 7.63. The van der Waals surface area contributed by atoms with Gasteiger partial charge in [-0.1, -0.05) is 24.2 Å². The zero-order chi connectivity index (χ0) is 11.6. The molecule has 1 aromatic heterocycles. The third-order valence-electron chi connectivity index (χ3n) is 3.35. The van der Waals surface area contributed by atoms with E-state index in [0.29, 0.717) is 5.13 Å². The summed E-state index contributed by atoms with van der Waals surface area (Å²) in [5.41, 5.74) is 0.952. The number of nitrogens with one attached hydrogen (secondary N) is 1. The molecule has 0 spiro atoms. The van der Waals surface area contributed by atoms with Gasteiger partial charge >= 0.3 is 5.97 Å².